The van der Waals surface area contributed by atoms with Crippen LogP contribution in [-0.2, 0) is 23.3 Å². The van der Waals surface area contributed by atoms with E-state index in [0.717, 1.165) is 39.0 Å². The van der Waals surface area contributed by atoms with Crippen molar-refractivity contribution in [2.75, 3.05) is 26.2 Å². The van der Waals surface area contributed by atoms with Gasteiger partial charge in [0.25, 0.3) is 0 Å². The van der Waals surface area contributed by atoms with E-state index < -0.39 is 5.54 Å². The number of nitrogens with one attached hydrogen (secondary N) is 2. The molecule has 4 nitrogen and oxygen atoms in total. The average molecular weight is 341 g/mol. The first-order chi connectivity index (χ1) is 11.8. The predicted octanol–water partition coefficient (Wildman–Crippen LogP) is 2.11. The van der Waals surface area contributed by atoms with Gasteiger partial charge in [0.1, 0.15) is 5.54 Å². The van der Waals surface area contributed by atoms with E-state index in [0.29, 0.717) is 6.54 Å². The third kappa shape index (κ3) is 2.66. The number of nitrogens with zero attached hydrogens (tertiary/aromatic N) is 1. The van der Waals surface area contributed by atoms with Gasteiger partial charge in [0, 0.05) is 31.1 Å². The molecule has 2 heterocycles. The van der Waals surface area contributed by atoms with Crippen LogP contribution in [0.2, 0.25) is 0 Å². The summed E-state index contributed by atoms with van der Waals surface area (Å²) in [5.74, 6) is 0.155. The van der Waals surface area contributed by atoms with Gasteiger partial charge in [-0.3, -0.25) is 9.69 Å². The predicted molar refractivity (Wildman–Crippen MR) is 97.0 cm³/mol. The highest BCUT2D eigenvalue weighted by Gasteiger charge is 2.49. The SMILES string of the molecule is O=C(NCc1cccs1)[C@]1(N2CCNCC2)CCc2ccccc21. The normalized spacial score (nSPS) is 23.8. The van der Waals surface area contributed by atoms with Crippen LogP contribution in [0.15, 0.2) is 41.8 Å². The topological polar surface area (TPSA) is 44.4 Å². The largest absolute Gasteiger partial charge is 0.349 e. The first-order valence-electron chi connectivity index (χ1n) is 8.65. The smallest absolute Gasteiger partial charge is 0.245 e. The summed E-state index contributed by atoms with van der Waals surface area (Å²) in [6, 6.07) is 12.6. The van der Waals surface area contributed by atoms with Gasteiger partial charge in [-0.1, -0.05) is 30.3 Å². The number of fused-ring (bicyclic) bond motifs is 1. The van der Waals surface area contributed by atoms with Crippen LogP contribution in [0.25, 0.3) is 0 Å². The van der Waals surface area contributed by atoms with Crippen molar-refractivity contribution in [1.29, 1.82) is 0 Å². The Kier molecular flexibility index (Phi) is 4.39. The number of rotatable bonds is 4. The van der Waals surface area contributed by atoms with E-state index in [-0.39, 0.29) is 5.91 Å². The number of carbonyl (C=O) groups excluding carboxylic acids is 1. The zero-order chi connectivity index (χ0) is 16.4. The fourth-order valence-corrected chi connectivity index (χ4v) is 4.72. The Morgan fingerprint density at radius 2 is 2.04 bits per heavy atom. The Labute approximate surface area is 146 Å². The molecule has 1 aliphatic carbocycles. The van der Waals surface area contributed by atoms with E-state index >= 15 is 0 Å². The highest BCUT2D eigenvalue weighted by Crippen LogP contribution is 2.42. The molecule has 0 radical (unpaired) electrons. The molecule has 4 rings (SSSR count). The first-order valence-corrected chi connectivity index (χ1v) is 9.53. The van der Waals surface area contributed by atoms with Crippen molar-refractivity contribution in [3.63, 3.8) is 0 Å². The lowest BCUT2D eigenvalue weighted by Gasteiger charge is -2.43. The minimum Gasteiger partial charge on any atom is -0.349 e. The molecule has 0 bridgehead atoms. The zero-order valence-electron chi connectivity index (χ0n) is 13.8. The third-order valence-corrected chi connectivity index (χ3v) is 6.13. The van der Waals surface area contributed by atoms with E-state index in [1.165, 1.54) is 16.0 Å². The number of thiophene rings is 1. The Hall–Kier alpha value is -1.69. The third-order valence-electron chi connectivity index (χ3n) is 5.25. The molecule has 0 unspecified atom stereocenters. The fraction of sp³-hybridized carbons (Fsp3) is 0.421. The molecule has 1 aromatic heterocycles. The van der Waals surface area contributed by atoms with Crippen LogP contribution < -0.4 is 10.6 Å². The van der Waals surface area contributed by atoms with E-state index in [1.54, 1.807) is 11.3 Å². The van der Waals surface area contributed by atoms with E-state index in [4.69, 9.17) is 0 Å². The molecule has 1 aromatic carbocycles. The van der Waals surface area contributed by atoms with Crippen molar-refractivity contribution >= 4 is 17.2 Å². The van der Waals surface area contributed by atoms with Gasteiger partial charge >= 0.3 is 0 Å². The summed E-state index contributed by atoms with van der Waals surface area (Å²) in [4.78, 5) is 16.9. The number of amides is 1. The van der Waals surface area contributed by atoms with Crippen molar-refractivity contribution in [2.45, 2.75) is 24.9 Å². The van der Waals surface area contributed by atoms with Crippen molar-refractivity contribution in [3.8, 4) is 0 Å². The molecular weight excluding hydrogens is 318 g/mol. The van der Waals surface area contributed by atoms with Crippen LogP contribution in [0, 0.1) is 0 Å². The molecule has 24 heavy (non-hydrogen) atoms. The molecule has 2 aromatic rings. The number of aryl methyl sites for hydroxylation is 1. The number of carbonyl (C=O) groups is 1. The summed E-state index contributed by atoms with van der Waals surface area (Å²) in [7, 11) is 0. The lowest BCUT2D eigenvalue weighted by atomic mass is 9.87. The van der Waals surface area contributed by atoms with Gasteiger partial charge in [0.05, 0.1) is 6.54 Å². The molecular formula is C19H23N3OS. The molecule has 1 aliphatic heterocycles. The first kappa shape index (κ1) is 15.8. The van der Waals surface area contributed by atoms with E-state index in [1.807, 2.05) is 6.07 Å². The van der Waals surface area contributed by atoms with Gasteiger partial charge in [-0.25, -0.2) is 0 Å². The van der Waals surface area contributed by atoms with Crippen molar-refractivity contribution in [3.05, 3.63) is 57.8 Å². The van der Waals surface area contributed by atoms with Crippen LogP contribution in [0.5, 0.6) is 0 Å². The van der Waals surface area contributed by atoms with Crippen LogP contribution in [0.3, 0.4) is 0 Å². The fourth-order valence-electron chi connectivity index (χ4n) is 4.07. The maximum absolute atomic E-state index is 13.4. The summed E-state index contributed by atoms with van der Waals surface area (Å²) in [5.41, 5.74) is 2.02. The van der Waals surface area contributed by atoms with Gasteiger partial charge in [-0.05, 0) is 35.4 Å². The highest BCUT2D eigenvalue weighted by atomic mass is 32.1. The van der Waals surface area contributed by atoms with Gasteiger partial charge in [-0.15, -0.1) is 11.3 Å². The second-order valence-electron chi connectivity index (χ2n) is 6.52. The minimum absolute atomic E-state index is 0.155. The molecule has 1 atom stereocenters. The molecule has 2 N–H and O–H groups in total. The Balaban J connectivity index is 1.65. The maximum Gasteiger partial charge on any atom is 0.245 e. The average Bonchev–Trinajstić information content (AvgIpc) is 3.29. The molecule has 2 aliphatic rings. The number of hydrogen-bond donors (Lipinski definition) is 2. The van der Waals surface area contributed by atoms with Crippen LogP contribution >= 0.6 is 11.3 Å². The van der Waals surface area contributed by atoms with Gasteiger partial charge in [-0.2, -0.15) is 0 Å². The standard InChI is InChI=1S/C19H23N3OS/c23-18(21-14-16-5-3-13-24-16)19(22-11-9-20-10-12-22)8-7-15-4-1-2-6-17(15)19/h1-6,13,20H,7-12,14H2,(H,21,23)/t19-/m0/s1. The van der Waals surface area contributed by atoms with E-state index in [2.05, 4.69) is 51.2 Å². The summed E-state index contributed by atoms with van der Waals surface area (Å²) >= 11 is 1.69. The second kappa shape index (κ2) is 6.67. The summed E-state index contributed by atoms with van der Waals surface area (Å²) in [5, 5.41) is 8.67. The van der Waals surface area contributed by atoms with E-state index in [9.17, 15) is 4.79 Å². The molecule has 0 saturated carbocycles. The Morgan fingerprint density at radius 3 is 2.83 bits per heavy atom. The maximum atomic E-state index is 13.4. The van der Waals surface area contributed by atoms with Gasteiger partial charge < -0.3 is 10.6 Å². The molecule has 1 saturated heterocycles. The number of hydrogen-bond acceptors (Lipinski definition) is 4. The molecule has 1 fully saturated rings. The molecule has 0 spiro atoms. The molecule has 1 amide bonds. The lowest BCUT2D eigenvalue weighted by molar-refractivity contribution is -0.135. The Bertz CT molecular complexity index is 709. The summed E-state index contributed by atoms with van der Waals surface area (Å²) in [6.45, 7) is 4.35. The van der Waals surface area contributed by atoms with Gasteiger partial charge in [0.15, 0.2) is 0 Å². The van der Waals surface area contributed by atoms with Crippen LogP contribution in [0.1, 0.15) is 22.4 Å². The molecule has 5 heteroatoms. The van der Waals surface area contributed by atoms with Crippen LogP contribution in [-0.4, -0.2) is 37.0 Å². The monoisotopic (exact) mass is 341 g/mol. The van der Waals surface area contributed by atoms with Crippen molar-refractivity contribution < 1.29 is 4.79 Å². The zero-order valence-corrected chi connectivity index (χ0v) is 14.6. The quantitative estimate of drug-likeness (QED) is 0.895. The summed E-state index contributed by atoms with van der Waals surface area (Å²) < 4.78 is 0. The highest BCUT2D eigenvalue weighted by molar-refractivity contribution is 7.09. The van der Waals surface area contributed by atoms with Crippen molar-refractivity contribution in [1.82, 2.24) is 15.5 Å². The second-order valence-corrected chi connectivity index (χ2v) is 7.55. The summed E-state index contributed by atoms with van der Waals surface area (Å²) in [6.07, 6.45) is 1.86. The minimum atomic E-state index is -0.504. The Morgan fingerprint density at radius 1 is 1.21 bits per heavy atom. The number of benzene rings is 1. The van der Waals surface area contributed by atoms with Gasteiger partial charge in [0.2, 0.25) is 5.91 Å². The number of piperazine rings is 1. The molecule has 126 valence electrons. The van der Waals surface area contributed by atoms with Crippen LogP contribution in [0.4, 0.5) is 0 Å². The lowest BCUT2D eigenvalue weighted by Crippen LogP contribution is -2.60. The van der Waals surface area contributed by atoms with Crippen molar-refractivity contribution in [2.24, 2.45) is 0 Å².